The highest BCUT2D eigenvalue weighted by Gasteiger charge is 2.29. The predicted molar refractivity (Wildman–Crippen MR) is 151 cm³/mol. The van der Waals surface area contributed by atoms with Crippen LogP contribution in [-0.4, -0.2) is 18.3 Å². The maximum atomic E-state index is 6.54. The molecule has 0 bridgehead atoms. The largest absolute Gasteiger partial charge is 0.367 e. The second-order valence-electron chi connectivity index (χ2n) is 8.79. The van der Waals surface area contributed by atoms with Crippen molar-refractivity contribution in [1.29, 1.82) is 0 Å². The highest BCUT2D eigenvalue weighted by Crippen LogP contribution is 2.21. The normalized spacial score (nSPS) is 13.7. The van der Waals surface area contributed by atoms with Crippen molar-refractivity contribution in [2.75, 3.05) is 0 Å². The van der Waals surface area contributed by atoms with Gasteiger partial charge in [-0.05, 0) is 22.3 Å². The third kappa shape index (κ3) is 8.69. The van der Waals surface area contributed by atoms with Crippen molar-refractivity contribution in [2.45, 2.75) is 38.1 Å². The third-order valence-electron chi connectivity index (χ3n) is 6.01. The molecule has 0 saturated carbocycles. The number of hydrogen-bond acceptors (Lipinski definition) is 3. The van der Waals surface area contributed by atoms with E-state index in [-0.39, 0.29) is 12.2 Å². The van der Waals surface area contributed by atoms with E-state index in [0.29, 0.717) is 19.8 Å². The summed E-state index contributed by atoms with van der Waals surface area (Å²) in [6, 6.07) is 40.7. The van der Waals surface area contributed by atoms with Crippen molar-refractivity contribution in [3.63, 3.8) is 0 Å². The van der Waals surface area contributed by atoms with Crippen LogP contribution in [0.15, 0.2) is 140 Å². The first-order chi connectivity index (χ1) is 18.3. The van der Waals surface area contributed by atoms with Crippen LogP contribution >= 0.6 is 0 Å². The van der Waals surface area contributed by atoms with E-state index in [1.165, 1.54) is 0 Å². The molecule has 3 atom stereocenters. The molecule has 0 aliphatic carbocycles. The Hall–Kier alpha value is -3.76. The van der Waals surface area contributed by atoms with Crippen molar-refractivity contribution in [3.05, 3.63) is 162 Å². The molecular weight excluding hydrogens is 456 g/mol. The zero-order valence-electron chi connectivity index (χ0n) is 21.1. The van der Waals surface area contributed by atoms with Crippen molar-refractivity contribution in [1.82, 2.24) is 0 Å². The van der Waals surface area contributed by atoms with Gasteiger partial charge >= 0.3 is 0 Å². The van der Waals surface area contributed by atoms with Crippen molar-refractivity contribution in [2.24, 2.45) is 0 Å². The molecule has 0 fully saturated rings. The van der Waals surface area contributed by atoms with E-state index in [9.17, 15) is 0 Å². The van der Waals surface area contributed by atoms with Crippen LogP contribution in [0.2, 0.25) is 0 Å². The molecule has 3 nitrogen and oxygen atoms in total. The van der Waals surface area contributed by atoms with E-state index < -0.39 is 6.10 Å². The summed E-state index contributed by atoms with van der Waals surface area (Å²) in [7, 11) is 0. The summed E-state index contributed by atoms with van der Waals surface area (Å²) in [5, 5.41) is 0. The predicted octanol–water partition coefficient (Wildman–Crippen LogP) is 7.64. The van der Waals surface area contributed by atoms with Gasteiger partial charge in [0.2, 0.25) is 0 Å². The minimum Gasteiger partial charge on any atom is -0.367 e. The first-order valence-corrected chi connectivity index (χ1v) is 12.6. The number of benzene rings is 4. The number of ether oxygens (including phenoxy) is 3. The molecule has 0 N–H and O–H groups in total. The molecule has 4 rings (SSSR count). The fourth-order valence-corrected chi connectivity index (χ4v) is 4.00. The fraction of sp³-hybridized carbons (Fsp3) is 0.176. The Morgan fingerprint density at radius 1 is 0.514 bits per heavy atom. The fourth-order valence-electron chi connectivity index (χ4n) is 4.00. The van der Waals surface area contributed by atoms with Gasteiger partial charge in [-0.2, -0.15) is 0 Å². The van der Waals surface area contributed by atoms with E-state index in [1.54, 1.807) is 0 Å². The maximum Gasteiger partial charge on any atom is 0.117 e. The summed E-state index contributed by atoms with van der Waals surface area (Å²) in [4.78, 5) is 0. The maximum absolute atomic E-state index is 6.54. The second-order valence-corrected chi connectivity index (χ2v) is 8.79. The van der Waals surface area contributed by atoms with Crippen molar-refractivity contribution < 1.29 is 14.2 Å². The zero-order valence-corrected chi connectivity index (χ0v) is 21.1. The molecule has 0 aliphatic rings. The van der Waals surface area contributed by atoms with Crippen LogP contribution in [-0.2, 0) is 34.0 Å². The molecule has 37 heavy (non-hydrogen) atoms. The lowest BCUT2D eigenvalue weighted by Gasteiger charge is -2.31. The van der Waals surface area contributed by atoms with Gasteiger partial charge in [-0.15, -0.1) is 6.58 Å². The van der Waals surface area contributed by atoms with Gasteiger partial charge in [-0.1, -0.05) is 140 Å². The molecule has 4 aromatic rings. The monoisotopic (exact) mass is 490 g/mol. The Kier molecular flexibility index (Phi) is 10.5. The average molecular weight is 491 g/mol. The molecule has 4 aromatic carbocycles. The highest BCUT2D eigenvalue weighted by molar-refractivity contribution is 5.49. The van der Waals surface area contributed by atoms with Crippen LogP contribution < -0.4 is 0 Å². The minimum absolute atomic E-state index is 0.372. The van der Waals surface area contributed by atoms with Gasteiger partial charge in [0.1, 0.15) is 18.3 Å². The molecular formula is C34H34O3. The summed E-state index contributed by atoms with van der Waals surface area (Å²) in [5.41, 5.74) is 4.38. The molecule has 0 saturated heterocycles. The smallest absolute Gasteiger partial charge is 0.117 e. The van der Waals surface area contributed by atoms with Gasteiger partial charge < -0.3 is 14.2 Å². The Balaban J connectivity index is 1.59. The van der Waals surface area contributed by atoms with Crippen LogP contribution in [0, 0.1) is 0 Å². The van der Waals surface area contributed by atoms with Crippen molar-refractivity contribution >= 4 is 6.08 Å². The van der Waals surface area contributed by atoms with E-state index in [0.717, 1.165) is 22.3 Å². The molecule has 2 unspecified atom stereocenters. The zero-order chi connectivity index (χ0) is 25.5. The van der Waals surface area contributed by atoms with Crippen LogP contribution in [0.4, 0.5) is 0 Å². The van der Waals surface area contributed by atoms with Gasteiger partial charge in [0, 0.05) is 0 Å². The standard InChI is InChI=1S/C34H34O3/c1-2-32(35-25-29-17-9-4-10-18-29)34(37-27-31-21-13-6-14-22-31)33(24-23-28-15-7-3-8-16-28)36-26-30-19-11-5-12-20-30/h2-24,32-34H,1,25-27H2/t32-,33?,34?/m1/s1. The lowest BCUT2D eigenvalue weighted by molar-refractivity contribution is -0.123. The molecule has 188 valence electrons. The van der Waals surface area contributed by atoms with Crippen LogP contribution in [0.3, 0.4) is 0 Å². The molecule has 0 heterocycles. The molecule has 0 aromatic heterocycles. The summed E-state index contributed by atoms with van der Waals surface area (Å²) in [5.74, 6) is 0. The topological polar surface area (TPSA) is 27.7 Å². The third-order valence-corrected chi connectivity index (χ3v) is 6.01. The quantitative estimate of drug-likeness (QED) is 0.170. The van der Waals surface area contributed by atoms with Gasteiger partial charge in [0.15, 0.2) is 0 Å². The summed E-state index contributed by atoms with van der Waals surface area (Å²) >= 11 is 0. The van der Waals surface area contributed by atoms with Crippen LogP contribution in [0.25, 0.3) is 6.08 Å². The summed E-state index contributed by atoms with van der Waals surface area (Å²) in [6.07, 6.45) is 4.79. The Morgan fingerprint density at radius 2 is 0.919 bits per heavy atom. The van der Waals surface area contributed by atoms with Gasteiger partial charge in [0.05, 0.1) is 19.8 Å². The van der Waals surface area contributed by atoms with E-state index >= 15 is 0 Å². The summed E-state index contributed by atoms with van der Waals surface area (Å²) in [6.45, 7) is 5.43. The van der Waals surface area contributed by atoms with Gasteiger partial charge in [-0.3, -0.25) is 0 Å². The number of rotatable bonds is 14. The van der Waals surface area contributed by atoms with E-state index in [1.807, 2.05) is 78.9 Å². The van der Waals surface area contributed by atoms with Crippen LogP contribution in [0.1, 0.15) is 22.3 Å². The van der Waals surface area contributed by atoms with Crippen molar-refractivity contribution in [3.8, 4) is 0 Å². The Morgan fingerprint density at radius 3 is 1.38 bits per heavy atom. The van der Waals surface area contributed by atoms with Gasteiger partial charge in [-0.25, -0.2) is 0 Å². The molecule has 0 radical (unpaired) electrons. The molecule has 0 amide bonds. The highest BCUT2D eigenvalue weighted by atomic mass is 16.6. The SMILES string of the molecule is C=C[C@@H](OCc1ccccc1)C(OCc1ccccc1)C(C=Cc1ccccc1)OCc1ccccc1. The first-order valence-electron chi connectivity index (χ1n) is 12.6. The first kappa shape index (κ1) is 26.3. The van der Waals surface area contributed by atoms with Gasteiger partial charge in [0.25, 0.3) is 0 Å². The average Bonchev–Trinajstić information content (AvgIpc) is 2.97. The molecule has 3 heteroatoms. The molecule has 0 aliphatic heterocycles. The van der Waals surface area contributed by atoms with E-state index in [4.69, 9.17) is 14.2 Å². The van der Waals surface area contributed by atoms with Crippen LogP contribution in [0.5, 0.6) is 0 Å². The van der Waals surface area contributed by atoms with E-state index in [2.05, 4.69) is 67.3 Å². The number of hydrogen-bond donors (Lipinski definition) is 0. The lowest BCUT2D eigenvalue weighted by Crippen LogP contribution is -2.40. The Labute approximate surface area is 220 Å². The lowest BCUT2D eigenvalue weighted by atomic mass is 10.0. The minimum atomic E-state index is -0.412. The Bertz CT molecular complexity index is 1190. The second kappa shape index (κ2) is 14.7. The summed E-state index contributed by atoms with van der Waals surface area (Å²) < 4.78 is 19.4. The molecule has 0 spiro atoms.